The van der Waals surface area contributed by atoms with Gasteiger partial charge in [0.15, 0.2) is 0 Å². The Bertz CT molecular complexity index is 822. The predicted molar refractivity (Wildman–Crippen MR) is 168 cm³/mol. The number of rotatable bonds is 4. The summed E-state index contributed by atoms with van der Waals surface area (Å²) >= 11 is 2.11. The number of carbonyl (C=O) groups excluding carboxylic acids is 1. The molecule has 0 N–H and O–H groups in total. The number of hydrogen-bond donors (Lipinski definition) is 0. The van der Waals surface area contributed by atoms with Gasteiger partial charge in [-0.05, 0) is 87.0 Å². The van der Waals surface area contributed by atoms with Crippen molar-refractivity contribution in [1.82, 2.24) is 0 Å². The Hall–Kier alpha value is 0.666. The summed E-state index contributed by atoms with van der Waals surface area (Å²) in [6.45, 7) is 18.7. The van der Waals surface area contributed by atoms with Crippen molar-refractivity contribution in [3.8, 4) is 0 Å². The van der Waals surface area contributed by atoms with Gasteiger partial charge < -0.3 is 13.3 Å². The maximum Gasteiger partial charge on any atom is 1.00 e. The topological polar surface area (TPSA) is 17.1 Å². The van der Waals surface area contributed by atoms with Crippen molar-refractivity contribution < 1.29 is 69.4 Å². The van der Waals surface area contributed by atoms with E-state index in [1.807, 2.05) is 0 Å². The average molecular weight is 621 g/mol. The maximum atomic E-state index is 12.2. The van der Waals surface area contributed by atoms with E-state index in [4.69, 9.17) is 0 Å². The van der Waals surface area contributed by atoms with Crippen LogP contribution in [0.25, 0.3) is 0 Å². The van der Waals surface area contributed by atoms with Crippen LogP contribution in [0.5, 0.6) is 0 Å². The standard InChI is InChI=1S/C11H18O.C10H10F3.C7H14S.C7H14.K/c1-8-6-10-4-3-5-11(10,7-8)9(2)12;1-8-4-2-3-5-9(7-6-8)10(11,12)13;1-6-3-4-8-5-7(6)2;1-4-5-6-7(2)3;/h8,10H,3-7H2,1-2H3;3,5,7H,2,4H2,1H3;6-7H,3-5H2,1-2H3;5,7H,2,4,6H2,1,3H3;/q;-1;;-2;+1/b;5-3-,9-7+;;;/t;;6-,7+;;/m..1../s1. The Morgan fingerprint density at radius 2 is 1.93 bits per heavy atom. The zero-order valence-corrected chi connectivity index (χ0v) is 31.3. The fourth-order valence-electron chi connectivity index (χ4n) is 6.00. The van der Waals surface area contributed by atoms with Crippen molar-refractivity contribution in [3.05, 3.63) is 48.8 Å². The van der Waals surface area contributed by atoms with Gasteiger partial charge in [0, 0.05) is 5.41 Å². The quantitative estimate of drug-likeness (QED) is 0.233. The minimum absolute atomic E-state index is 0. The molecule has 4 rings (SSSR count). The van der Waals surface area contributed by atoms with Gasteiger partial charge in [-0.1, -0.05) is 53.5 Å². The maximum absolute atomic E-state index is 12.2. The molecule has 0 aromatic rings. The molecule has 0 radical (unpaired) electrons. The van der Waals surface area contributed by atoms with E-state index >= 15 is 0 Å². The number of thioether (sulfide) groups is 1. The summed E-state index contributed by atoms with van der Waals surface area (Å²) in [7, 11) is 0. The summed E-state index contributed by atoms with van der Waals surface area (Å²) in [5, 5.41) is 0. The first-order valence-electron chi connectivity index (χ1n) is 15.5. The van der Waals surface area contributed by atoms with Gasteiger partial charge in [-0.15, -0.1) is 12.2 Å². The number of alkyl halides is 3. The summed E-state index contributed by atoms with van der Waals surface area (Å²) in [6, 6.07) is 0. The molecule has 6 heteroatoms. The van der Waals surface area contributed by atoms with E-state index in [0.29, 0.717) is 18.1 Å². The number of carbonyl (C=O) groups is 1. The van der Waals surface area contributed by atoms with E-state index < -0.39 is 11.7 Å². The summed E-state index contributed by atoms with van der Waals surface area (Å²) in [5.41, 5.74) is 0.358. The first-order valence-corrected chi connectivity index (χ1v) is 16.6. The number of allylic oxidation sites excluding steroid dienone is 6. The Morgan fingerprint density at radius 3 is 2.39 bits per heavy atom. The van der Waals surface area contributed by atoms with E-state index in [9.17, 15) is 18.0 Å². The SMILES string of the molecule is CC(=O)C12CCCC1CC(C)C2.CC1=[C-]/C=C(C(F)(F)F)\C=C/CC1.C[C@@H]1CCSC[C@@H]1C.[CH2-]C(C)C[CH-]CC.[K+]. The van der Waals surface area contributed by atoms with Crippen LogP contribution in [-0.2, 0) is 4.79 Å². The van der Waals surface area contributed by atoms with Crippen LogP contribution < -0.4 is 51.4 Å². The summed E-state index contributed by atoms with van der Waals surface area (Å²) in [6.07, 6.45) is 15.7. The number of unbranched alkanes of at least 4 members (excludes halogenated alkanes) is 1. The fourth-order valence-corrected chi connectivity index (χ4v) is 7.41. The second kappa shape index (κ2) is 21.4. The van der Waals surface area contributed by atoms with E-state index in [2.05, 4.69) is 65.8 Å². The number of Topliss-reactive ketones (excluding diaryl/α,β-unsaturated/α-hetero) is 1. The molecular formula is C35H56F3KOS-2. The second-order valence-electron chi connectivity index (χ2n) is 12.7. The molecule has 3 aliphatic carbocycles. The Kier molecular flexibility index (Phi) is 21.8. The molecule has 1 heterocycles. The molecule has 0 amide bonds. The number of hydrogen-bond acceptors (Lipinski definition) is 2. The third-order valence-electron chi connectivity index (χ3n) is 8.77. The Morgan fingerprint density at radius 1 is 1.24 bits per heavy atom. The molecule has 3 fully saturated rings. The van der Waals surface area contributed by atoms with E-state index in [0.717, 1.165) is 54.2 Å². The molecule has 1 aliphatic heterocycles. The van der Waals surface area contributed by atoms with E-state index in [1.54, 1.807) is 19.9 Å². The first kappa shape index (κ1) is 41.7. The smallest absolute Gasteiger partial charge is 0.343 e. The molecule has 1 nitrogen and oxygen atoms in total. The molecule has 2 saturated carbocycles. The van der Waals surface area contributed by atoms with Crippen LogP contribution in [0.2, 0.25) is 0 Å². The zero-order valence-electron chi connectivity index (χ0n) is 27.3. The molecule has 0 aromatic carbocycles. The Balaban J connectivity index is 0.000000533. The van der Waals surface area contributed by atoms with Crippen LogP contribution in [0.15, 0.2) is 29.4 Å². The number of ketones is 1. The van der Waals surface area contributed by atoms with Gasteiger partial charge in [0.1, 0.15) is 5.78 Å². The molecule has 0 bridgehead atoms. The second-order valence-corrected chi connectivity index (χ2v) is 13.8. The van der Waals surface area contributed by atoms with Crippen molar-refractivity contribution in [1.29, 1.82) is 0 Å². The van der Waals surface area contributed by atoms with Crippen molar-refractivity contribution in [2.45, 2.75) is 119 Å². The molecule has 1 saturated heterocycles. The zero-order chi connectivity index (χ0) is 30.3. The minimum Gasteiger partial charge on any atom is -0.343 e. The van der Waals surface area contributed by atoms with Gasteiger partial charge in [-0.25, -0.2) is 12.5 Å². The summed E-state index contributed by atoms with van der Waals surface area (Å²) in [5.74, 6) is 7.33. The molecule has 41 heavy (non-hydrogen) atoms. The van der Waals surface area contributed by atoms with Crippen LogP contribution in [0.1, 0.15) is 113 Å². The van der Waals surface area contributed by atoms with Gasteiger partial charge in [-0.3, -0.25) is 10.9 Å². The van der Waals surface area contributed by atoms with Crippen LogP contribution in [0, 0.1) is 54.4 Å². The molecule has 4 aliphatic rings. The first-order chi connectivity index (χ1) is 18.7. The Labute approximate surface area is 298 Å². The number of fused-ring (bicyclic) bond motifs is 1. The molecular weight excluding hydrogens is 565 g/mol. The largest absolute Gasteiger partial charge is 1.00 e. The molecule has 0 aromatic heterocycles. The summed E-state index contributed by atoms with van der Waals surface area (Å²) < 4.78 is 36.6. The number of halogens is 3. The van der Waals surface area contributed by atoms with Crippen LogP contribution in [0.3, 0.4) is 0 Å². The van der Waals surface area contributed by atoms with Gasteiger partial charge in [0.2, 0.25) is 0 Å². The van der Waals surface area contributed by atoms with Gasteiger partial charge in [0.25, 0.3) is 0 Å². The monoisotopic (exact) mass is 620 g/mol. The van der Waals surface area contributed by atoms with Crippen molar-refractivity contribution in [2.75, 3.05) is 11.5 Å². The van der Waals surface area contributed by atoms with Gasteiger partial charge in [0.05, 0.1) is 0 Å². The van der Waals surface area contributed by atoms with Crippen molar-refractivity contribution >= 4 is 17.5 Å². The predicted octanol–water partition coefficient (Wildman–Crippen LogP) is 8.23. The van der Waals surface area contributed by atoms with Crippen molar-refractivity contribution in [2.24, 2.45) is 35.0 Å². The van der Waals surface area contributed by atoms with Gasteiger partial charge >= 0.3 is 57.6 Å². The fraction of sp³-hybridized carbons (Fsp3) is 0.743. The third kappa shape index (κ3) is 16.0. The minimum atomic E-state index is -4.26. The molecule has 6 atom stereocenters. The van der Waals surface area contributed by atoms with E-state index in [1.165, 1.54) is 56.5 Å². The van der Waals surface area contributed by atoms with Crippen LogP contribution in [0.4, 0.5) is 13.2 Å². The average Bonchev–Trinajstić information content (AvgIpc) is 3.40. The van der Waals surface area contributed by atoms with E-state index in [-0.39, 0.29) is 56.8 Å². The third-order valence-corrected chi connectivity index (χ3v) is 10.1. The molecule has 4 unspecified atom stereocenters. The molecule has 232 valence electrons. The van der Waals surface area contributed by atoms with Gasteiger partial charge in [-0.2, -0.15) is 42.8 Å². The van der Waals surface area contributed by atoms with Crippen LogP contribution in [-0.4, -0.2) is 23.5 Å². The normalized spacial score (nSPS) is 31.7. The van der Waals surface area contributed by atoms with Crippen LogP contribution >= 0.6 is 11.8 Å². The summed E-state index contributed by atoms with van der Waals surface area (Å²) in [4.78, 5) is 11.6. The van der Waals surface area contributed by atoms with Crippen molar-refractivity contribution in [3.63, 3.8) is 0 Å². The molecule has 0 spiro atoms.